The summed E-state index contributed by atoms with van der Waals surface area (Å²) in [6, 6.07) is 10.1. The highest BCUT2D eigenvalue weighted by Gasteiger charge is 2.08. The molecule has 2 nitrogen and oxygen atoms in total. The Morgan fingerprint density at radius 3 is 2.84 bits per heavy atom. The number of ether oxygens (including phenoxy) is 1. The third-order valence-electron chi connectivity index (χ3n) is 2.91. The third-order valence-corrected chi connectivity index (χ3v) is 2.91. The average Bonchev–Trinajstić information content (AvgIpc) is 2.45. The topological polar surface area (TPSA) is 26.3 Å². The molecule has 0 N–H and O–H groups in total. The van der Waals surface area contributed by atoms with Crippen molar-refractivity contribution in [1.82, 2.24) is 0 Å². The molecule has 0 aliphatic heterocycles. The van der Waals surface area contributed by atoms with Crippen molar-refractivity contribution < 1.29 is 9.53 Å². The highest BCUT2D eigenvalue weighted by Crippen LogP contribution is 2.22. The average molecular weight is 254 g/mol. The summed E-state index contributed by atoms with van der Waals surface area (Å²) in [6.45, 7) is 2.12. The largest absolute Gasteiger partial charge is 0.493 e. The van der Waals surface area contributed by atoms with Crippen LogP contribution in [0.2, 0.25) is 0 Å². The van der Waals surface area contributed by atoms with E-state index in [0.29, 0.717) is 6.61 Å². The van der Waals surface area contributed by atoms with Crippen molar-refractivity contribution in [2.75, 3.05) is 0 Å². The van der Waals surface area contributed by atoms with Crippen molar-refractivity contribution in [3.05, 3.63) is 71.5 Å². The van der Waals surface area contributed by atoms with E-state index in [0.717, 1.165) is 29.7 Å². The molecule has 2 heteroatoms. The Kier molecular flexibility index (Phi) is 4.73. The summed E-state index contributed by atoms with van der Waals surface area (Å²) in [7, 11) is 0. The number of hydrogen-bond acceptors (Lipinski definition) is 2. The maximum Gasteiger partial charge on any atom is 0.152 e. The van der Waals surface area contributed by atoms with Gasteiger partial charge in [-0.15, -0.1) is 0 Å². The molecule has 0 saturated carbocycles. The van der Waals surface area contributed by atoms with Crippen LogP contribution in [0.25, 0.3) is 0 Å². The second-order valence-electron chi connectivity index (χ2n) is 4.54. The van der Waals surface area contributed by atoms with Gasteiger partial charge in [-0.05, 0) is 31.1 Å². The van der Waals surface area contributed by atoms with E-state index in [9.17, 15) is 4.79 Å². The van der Waals surface area contributed by atoms with Gasteiger partial charge in [-0.25, -0.2) is 0 Å². The third kappa shape index (κ3) is 4.25. The Balaban J connectivity index is 2.06. The van der Waals surface area contributed by atoms with Crippen LogP contribution in [0.1, 0.15) is 25.3 Å². The van der Waals surface area contributed by atoms with E-state index in [2.05, 4.69) is 6.08 Å². The maximum absolute atomic E-state index is 11.0. The van der Waals surface area contributed by atoms with Crippen LogP contribution in [0, 0.1) is 0 Å². The zero-order valence-electron chi connectivity index (χ0n) is 11.1. The lowest BCUT2D eigenvalue weighted by Gasteiger charge is -2.15. The molecule has 1 aromatic rings. The summed E-state index contributed by atoms with van der Waals surface area (Å²) in [5, 5.41) is 0. The fraction of sp³-hybridized carbons (Fsp3) is 0.235. The molecular formula is C17H18O2. The molecule has 19 heavy (non-hydrogen) atoms. The lowest BCUT2D eigenvalue weighted by atomic mass is 10.0. The molecule has 0 spiro atoms. The molecule has 0 unspecified atom stereocenters. The molecule has 1 aromatic carbocycles. The normalized spacial score (nSPS) is 15.0. The number of hydrogen-bond donors (Lipinski definition) is 0. The molecule has 0 atom stereocenters. The molecule has 0 heterocycles. The van der Waals surface area contributed by atoms with Crippen molar-refractivity contribution in [1.29, 1.82) is 0 Å². The fourth-order valence-corrected chi connectivity index (χ4v) is 1.92. The van der Waals surface area contributed by atoms with Crippen LogP contribution >= 0.6 is 0 Å². The quantitative estimate of drug-likeness (QED) is 0.744. The van der Waals surface area contributed by atoms with Gasteiger partial charge in [-0.2, -0.15) is 0 Å². The SMILES string of the molecule is CC(=O)/C=C/C1=C(OCc2ccccc2)CCC=C1. The van der Waals surface area contributed by atoms with Crippen LogP contribution in [0.5, 0.6) is 0 Å². The predicted octanol–water partition coefficient (Wildman–Crippen LogP) is 3.95. The second-order valence-corrected chi connectivity index (χ2v) is 4.54. The molecular weight excluding hydrogens is 236 g/mol. The Bertz CT molecular complexity index is 521. The van der Waals surface area contributed by atoms with Crippen LogP contribution in [0.4, 0.5) is 0 Å². The monoisotopic (exact) mass is 254 g/mol. The van der Waals surface area contributed by atoms with Crippen molar-refractivity contribution in [2.45, 2.75) is 26.4 Å². The molecule has 98 valence electrons. The van der Waals surface area contributed by atoms with Gasteiger partial charge < -0.3 is 4.74 Å². The lowest BCUT2D eigenvalue weighted by molar-refractivity contribution is -0.112. The van der Waals surface area contributed by atoms with Gasteiger partial charge in [0.25, 0.3) is 0 Å². The summed E-state index contributed by atoms with van der Waals surface area (Å²) < 4.78 is 5.88. The zero-order chi connectivity index (χ0) is 13.5. The molecule has 0 aromatic heterocycles. The van der Waals surface area contributed by atoms with E-state index in [4.69, 9.17) is 4.74 Å². The number of benzene rings is 1. The van der Waals surface area contributed by atoms with Crippen LogP contribution in [0.3, 0.4) is 0 Å². The molecule has 0 radical (unpaired) electrons. The first-order valence-electron chi connectivity index (χ1n) is 6.51. The van der Waals surface area contributed by atoms with Gasteiger partial charge in [-0.3, -0.25) is 4.79 Å². The zero-order valence-corrected chi connectivity index (χ0v) is 11.1. The van der Waals surface area contributed by atoms with Crippen molar-refractivity contribution in [3.63, 3.8) is 0 Å². The minimum Gasteiger partial charge on any atom is -0.493 e. The molecule has 1 aliphatic carbocycles. The van der Waals surface area contributed by atoms with Gasteiger partial charge in [0.05, 0.1) is 0 Å². The van der Waals surface area contributed by atoms with Crippen molar-refractivity contribution >= 4 is 5.78 Å². The molecule has 1 aliphatic rings. The Hall–Kier alpha value is -2.09. The first-order chi connectivity index (χ1) is 9.25. The summed E-state index contributed by atoms with van der Waals surface area (Å²) >= 11 is 0. The van der Waals surface area contributed by atoms with E-state index in [-0.39, 0.29) is 5.78 Å². The van der Waals surface area contributed by atoms with Crippen LogP contribution in [-0.2, 0) is 16.1 Å². The standard InChI is InChI=1S/C17H18O2/c1-14(18)11-12-16-9-5-6-10-17(16)19-13-15-7-3-2-4-8-15/h2-5,7-9,11-12H,6,10,13H2,1H3/b12-11+. The number of ketones is 1. The van der Waals surface area contributed by atoms with E-state index in [1.54, 1.807) is 13.0 Å². The van der Waals surface area contributed by atoms with Gasteiger partial charge in [0.15, 0.2) is 5.78 Å². The molecule has 0 amide bonds. The number of carbonyl (C=O) groups excluding carboxylic acids is 1. The first-order valence-corrected chi connectivity index (χ1v) is 6.51. The van der Waals surface area contributed by atoms with Gasteiger partial charge in [0, 0.05) is 12.0 Å². The lowest BCUT2D eigenvalue weighted by Crippen LogP contribution is -2.00. The minimum atomic E-state index is 0.0499. The smallest absolute Gasteiger partial charge is 0.152 e. The minimum absolute atomic E-state index is 0.0499. The predicted molar refractivity (Wildman–Crippen MR) is 76.5 cm³/mol. The maximum atomic E-state index is 11.0. The Morgan fingerprint density at radius 2 is 2.11 bits per heavy atom. The van der Waals surface area contributed by atoms with Crippen LogP contribution < -0.4 is 0 Å². The van der Waals surface area contributed by atoms with E-state index in [1.807, 2.05) is 42.5 Å². The first kappa shape index (κ1) is 13.3. The fourth-order valence-electron chi connectivity index (χ4n) is 1.92. The van der Waals surface area contributed by atoms with Gasteiger partial charge >= 0.3 is 0 Å². The van der Waals surface area contributed by atoms with Crippen LogP contribution in [0.15, 0.2) is 66.0 Å². The number of rotatable bonds is 5. The Labute approximate surface area is 114 Å². The van der Waals surface area contributed by atoms with Crippen molar-refractivity contribution in [2.24, 2.45) is 0 Å². The summed E-state index contributed by atoms with van der Waals surface area (Å²) in [5.41, 5.74) is 2.15. The van der Waals surface area contributed by atoms with E-state index < -0.39 is 0 Å². The van der Waals surface area contributed by atoms with E-state index in [1.165, 1.54) is 0 Å². The number of carbonyl (C=O) groups is 1. The molecule has 0 fully saturated rings. The van der Waals surface area contributed by atoms with Gasteiger partial charge in [-0.1, -0.05) is 42.5 Å². The van der Waals surface area contributed by atoms with Crippen molar-refractivity contribution in [3.8, 4) is 0 Å². The molecule has 0 bridgehead atoms. The second kappa shape index (κ2) is 6.74. The molecule has 2 rings (SSSR count). The summed E-state index contributed by atoms with van der Waals surface area (Å²) in [6.07, 6.45) is 9.41. The highest BCUT2D eigenvalue weighted by atomic mass is 16.5. The number of allylic oxidation sites excluding steroid dienone is 6. The Morgan fingerprint density at radius 1 is 1.32 bits per heavy atom. The van der Waals surface area contributed by atoms with Gasteiger partial charge in [0.2, 0.25) is 0 Å². The summed E-state index contributed by atoms with van der Waals surface area (Å²) in [4.78, 5) is 11.0. The summed E-state index contributed by atoms with van der Waals surface area (Å²) in [5.74, 6) is 1.01. The molecule has 0 saturated heterocycles. The van der Waals surface area contributed by atoms with E-state index >= 15 is 0 Å². The van der Waals surface area contributed by atoms with Gasteiger partial charge in [0.1, 0.15) is 12.4 Å². The highest BCUT2D eigenvalue weighted by molar-refractivity contribution is 5.87. The van der Waals surface area contributed by atoms with Crippen LogP contribution in [-0.4, -0.2) is 5.78 Å².